The highest BCUT2D eigenvalue weighted by atomic mass is 35.5. The maximum absolute atomic E-state index is 11.6. The van der Waals surface area contributed by atoms with Crippen molar-refractivity contribution in [2.24, 2.45) is 0 Å². The van der Waals surface area contributed by atoms with E-state index >= 15 is 0 Å². The molecule has 4 aromatic rings. The summed E-state index contributed by atoms with van der Waals surface area (Å²) in [6.45, 7) is 0.933. The second-order valence-electron chi connectivity index (χ2n) is 8.68. The van der Waals surface area contributed by atoms with Gasteiger partial charge in [0, 0.05) is 24.8 Å². The van der Waals surface area contributed by atoms with E-state index in [0.29, 0.717) is 26.1 Å². The number of hydrogen-bond acceptors (Lipinski definition) is 6. The van der Waals surface area contributed by atoms with Gasteiger partial charge in [0.25, 0.3) is 0 Å². The molecule has 204 valence electrons. The Bertz CT molecular complexity index is 1100. The van der Waals surface area contributed by atoms with Crippen LogP contribution < -0.4 is 0 Å². The first kappa shape index (κ1) is 31.2. The zero-order valence-electron chi connectivity index (χ0n) is 22.0. The van der Waals surface area contributed by atoms with E-state index in [-0.39, 0.29) is 24.3 Å². The Morgan fingerprint density at radius 2 is 0.872 bits per heavy atom. The van der Waals surface area contributed by atoms with Crippen molar-refractivity contribution in [2.75, 3.05) is 13.2 Å². The first-order valence-electron chi connectivity index (χ1n) is 12.9. The van der Waals surface area contributed by atoms with Gasteiger partial charge in [-0.25, -0.2) is 0 Å². The summed E-state index contributed by atoms with van der Waals surface area (Å²) in [5, 5.41) is 0. The van der Waals surface area contributed by atoms with Crippen molar-refractivity contribution in [2.45, 2.75) is 38.5 Å². The highest BCUT2D eigenvalue weighted by molar-refractivity contribution is 5.85. The van der Waals surface area contributed by atoms with E-state index in [0.717, 1.165) is 36.8 Å². The number of aryl methyl sites for hydroxylation is 2. The molecule has 0 amide bonds. The van der Waals surface area contributed by atoms with Crippen molar-refractivity contribution in [3.05, 3.63) is 132 Å². The number of aromatic nitrogens is 2. The first-order valence-corrected chi connectivity index (χ1v) is 12.9. The van der Waals surface area contributed by atoms with Gasteiger partial charge in [0.05, 0.1) is 26.1 Å². The fourth-order valence-corrected chi connectivity index (χ4v) is 3.65. The van der Waals surface area contributed by atoms with Crippen LogP contribution >= 0.6 is 12.4 Å². The zero-order chi connectivity index (χ0) is 26.7. The van der Waals surface area contributed by atoms with Gasteiger partial charge in [0.1, 0.15) is 0 Å². The predicted molar refractivity (Wildman–Crippen MR) is 155 cm³/mol. The summed E-state index contributed by atoms with van der Waals surface area (Å²) in [5.41, 5.74) is 4.41. The number of benzene rings is 2. The minimum atomic E-state index is -0.166. The quantitative estimate of drug-likeness (QED) is 0.160. The number of ether oxygens (including phenoxy) is 2. The molecule has 0 saturated carbocycles. The third-order valence-electron chi connectivity index (χ3n) is 5.63. The molecule has 0 spiro atoms. The Morgan fingerprint density at radius 3 is 1.23 bits per heavy atom. The molecule has 0 fully saturated rings. The minimum absolute atomic E-state index is 0. The molecule has 0 radical (unpaired) electrons. The van der Waals surface area contributed by atoms with Gasteiger partial charge in [-0.15, -0.1) is 12.4 Å². The van der Waals surface area contributed by atoms with Gasteiger partial charge in [0.15, 0.2) is 0 Å². The molecule has 7 heteroatoms. The number of rotatable bonds is 12. The molecule has 0 aliphatic rings. The van der Waals surface area contributed by atoms with Gasteiger partial charge in [-0.3, -0.25) is 19.6 Å². The van der Waals surface area contributed by atoms with E-state index in [1.54, 1.807) is 24.8 Å². The molecular formula is C32H35ClN2O4. The van der Waals surface area contributed by atoms with Gasteiger partial charge in [-0.1, -0.05) is 60.7 Å². The van der Waals surface area contributed by atoms with Crippen LogP contribution in [0, 0.1) is 0 Å². The van der Waals surface area contributed by atoms with Crippen molar-refractivity contribution >= 4 is 24.3 Å². The van der Waals surface area contributed by atoms with E-state index in [9.17, 15) is 9.59 Å². The maximum Gasteiger partial charge on any atom is 0.310 e. The van der Waals surface area contributed by atoms with Gasteiger partial charge in [0.2, 0.25) is 0 Å². The van der Waals surface area contributed by atoms with Gasteiger partial charge in [-0.2, -0.15) is 0 Å². The SMILES string of the molecule is Cl.O=C(Cc1ccccc1)OCCCc1ccncc1.O=C(Cc1ccccc1)OCCCc1ccncc1. The Hall–Kier alpha value is -4.03. The zero-order valence-corrected chi connectivity index (χ0v) is 22.8. The lowest BCUT2D eigenvalue weighted by Gasteiger charge is -2.05. The van der Waals surface area contributed by atoms with E-state index in [2.05, 4.69) is 9.97 Å². The molecule has 0 aliphatic heterocycles. The molecule has 0 saturated heterocycles. The first-order chi connectivity index (χ1) is 18.7. The number of nitrogens with zero attached hydrogens (tertiary/aromatic N) is 2. The van der Waals surface area contributed by atoms with E-state index in [1.807, 2.05) is 84.9 Å². The summed E-state index contributed by atoms with van der Waals surface area (Å²) in [6.07, 6.45) is 11.3. The molecule has 6 nitrogen and oxygen atoms in total. The fourth-order valence-electron chi connectivity index (χ4n) is 3.65. The summed E-state index contributed by atoms with van der Waals surface area (Å²) in [7, 11) is 0. The summed E-state index contributed by atoms with van der Waals surface area (Å²) in [4.78, 5) is 31.1. The highest BCUT2D eigenvalue weighted by Gasteiger charge is 2.05. The van der Waals surface area contributed by atoms with Crippen LogP contribution in [0.2, 0.25) is 0 Å². The van der Waals surface area contributed by atoms with Crippen molar-refractivity contribution in [1.82, 2.24) is 9.97 Å². The summed E-state index contributed by atoms with van der Waals surface area (Å²) >= 11 is 0. The van der Waals surface area contributed by atoms with Gasteiger partial charge >= 0.3 is 11.9 Å². The molecule has 4 rings (SSSR count). The summed E-state index contributed by atoms with van der Waals surface area (Å²) < 4.78 is 10.4. The monoisotopic (exact) mass is 546 g/mol. The van der Waals surface area contributed by atoms with Crippen LogP contribution in [0.3, 0.4) is 0 Å². The number of esters is 2. The van der Waals surface area contributed by atoms with Crippen LogP contribution in [0.1, 0.15) is 35.1 Å². The molecule has 0 atom stereocenters. The van der Waals surface area contributed by atoms with Crippen LogP contribution in [0.4, 0.5) is 0 Å². The second-order valence-corrected chi connectivity index (χ2v) is 8.68. The van der Waals surface area contributed by atoms with Crippen molar-refractivity contribution in [3.63, 3.8) is 0 Å². The molecule has 0 aliphatic carbocycles. The smallest absolute Gasteiger partial charge is 0.310 e. The Balaban J connectivity index is 0.000000267. The molecule has 0 N–H and O–H groups in total. The highest BCUT2D eigenvalue weighted by Crippen LogP contribution is 2.05. The van der Waals surface area contributed by atoms with Crippen molar-refractivity contribution in [1.29, 1.82) is 0 Å². The number of carbonyl (C=O) groups is 2. The lowest BCUT2D eigenvalue weighted by atomic mass is 10.1. The van der Waals surface area contributed by atoms with E-state index < -0.39 is 0 Å². The average molecular weight is 547 g/mol. The minimum Gasteiger partial charge on any atom is -0.465 e. The van der Waals surface area contributed by atoms with Gasteiger partial charge in [-0.05, 0) is 72.2 Å². The lowest BCUT2D eigenvalue weighted by molar-refractivity contribution is -0.143. The number of carbonyl (C=O) groups excluding carboxylic acids is 2. The third kappa shape index (κ3) is 13.9. The molecular weight excluding hydrogens is 512 g/mol. The van der Waals surface area contributed by atoms with Crippen LogP contribution in [-0.4, -0.2) is 35.1 Å². The largest absolute Gasteiger partial charge is 0.465 e. The maximum atomic E-state index is 11.6. The Kier molecular flexibility index (Phi) is 15.3. The summed E-state index contributed by atoms with van der Waals surface area (Å²) in [5.74, 6) is -0.332. The molecule has 2 heterocycles. The van der Waals surface area contributed by atoms with Gasteiger partial charge < -0.3 is 9.47 Å². The normalized spacial score (nSPS) is 9.85. The standard InChI is InChI=1S/2C16H17NO2.ClH/c2*18-16(13-15-5-2-1-3-6-15)19-12-4-7-14-8-10-17-11-9-14;/h2*1-3,5-6,8-11H,4,7,12-13H2;1H. The van der Waals surface area contributed by atoms with Crippen LogP contribution in [0.15, 0.2) is 110 Å². The topological polar surface area (TPSA) is 78.4 Å². The molecule has 0 bridgehead atoms. The molecule has 2 aromatic carbocycles. The lowest BCUT2D eigenvalue weighted by Crippen LogP contribution is -2.09. The second kappa shape index (κ2) is 19.1. The Morgan fingerprint density at radius 1 is 0.513 bits per heavy atom. The van der Waals surface area contributed by atoms with Crippen molar-refractivity contribution in [3.8, 4) is 0 Å². The van der Waals surface area contributed by atoms with Crippen molar-refractivity contribution < 1.29 is 19.1 Å². The van der Waals surface area contributed by atoms with Crippen LogP contribution in [0.5, 0.6) is 0 Å². The number of hydrogen-bond donors (Lipinski definition) is 0. The number of halogens is 1. The van der Waals surface area contributed by atoms with Crippen LogP contribution in [-0.2, 0) is 44.7 Å². The average Bonchev–Trinajstić information content (AvgIpc) is 2.96. The van der Waals surface area contributed by atoms with Crippen LogP contribution in [0.25, 0.3) is 0 Å². The molecule has 39 heavy (non-hydrogen) atoms. The molecule has 0 unspecified atom stereocenters. The third-order valence-corrected chi connectivity index (χ3v) is 5.63. The fraction of sp³-hybridized carbons (Fsp3) is 0.250. The number of pyridine rings is 2. The van der Waals surface area contributed by atoms with E-state index in [1.165, 1.54) is 11.1 Å². The Labute approximate surface area is 236 Å². The predicted octanol–water partition coefficient (Wildman–Crippen LogP) is 6.02. The molecule has 2 aromatic heterocycles. The summed E-state index contributed by atoms with van der Waals surface area (Å²) in [6, 6.07) is 27.2. The van der Waals surface area contributed by atoms with E-state index in [4.69, 9.17) is 9.47 Å².